The highest BCUT2D eigenvalue weighted by molar-refractivity contribution is 7.10. The molecule has 1 aromatic heterocycles. The fraction of sp³-hybridized carbons (Fsp3) is 0.389. The Kier molecular flexibility index (Phi) is 4.11. The molecule has 0 aliphatic heterocycles. The maximum Gasteiger partial charge on any atom is 0.254 e. The SMILES string of the molecule is CC(c1cccs1)N(C)C(=O)c1ccc2c(c1)CCCC2. The number of carbonyl (C=O) groups excluding carboxylic acids is 1. The molecule has 1 amide bonds. The molecule has 1 heterocycles. The molecule has 0 N–H and O–H groups in total. The van der Waals surface area contributed by atoms with E-state index in [1.54, 1.807) is 11.3 Å². The first-order valence-electron chi connectivity index (χ1n) is 7.59. The van der Waals surface area contributed by atoms with Crippen molar-refractivity contribution >= 4 is 17.2 Å². The van der Waals surface area contributed by atoms with Crippen molar-refractivity contribution in [2.24, 2.45) is 0 Å². The van der Waals surface area contributed by atoms with Crippen LogP contribution < -0.4 is 0 Å². The van der Waals surface area contributed by atoms with Gasteiger partial charge in [0.2, 0.25) is 0 Å². The van der Waals surface area contributed by atoms with Crippen LogP contribution in [-0.2, 0) is 12.8 Å². The van der Waals surface area contributed by atoms with Gasteiger partial charge < -0.3 is 4.90 Å². The molecular formula is C18H21NOS. The lowest BCUT2D eigenvalue weighted by molar-refractivity contribution is 0.0745. The lowest BCUT2D eigenvalue weighted by Crippen LogP contribution is -2.29. The molecule has 1 aliphatic rings. The number of hydrogen-bond acceptors (Lipinski definition) is 2. The lowest BCUT2D eigenvalue weighted by atomic mass is 9.90. The monoisotopic (exact) mass is 299 g/mol. The molecule has 3 rings (SSSR count). The van der Waals surface area contributed by atoms with E-state index in [0.717, 1.165) is 18.4 Å². The number of hydrogen-bond donors (Lipinski definition) is 0. The molecule has 0 radical (unpaired) electrons. The smallest absolute Gasteiger partial charge is 0.254 e. The molecule has 2 aromatic rings. The van der Waals surface area contributed by atoms with Crippen LogP contribution in [0.1, 0.15) is 52.2 Å². The molecule has 0 fully saturated rings. The van der Waals surface area contributed by atoms with Gasteiger partial charge in [-0.05, 0) is 67.3 Å². The van der Waals surface area contributed by atoms with Crippen molar-refractivity contribution in [1.29, 1.82) is 0 Å². The Labute approximate surface area is 130 Å². The molecule has 0 saturated carbocycles. The molecule has 0 spiro atoms. The number of carbonyl (C=O) groups is 1. The summed E-state index contributed by atoms with van der Waals surface area (Å²) in [5, 5.41) is 2.06. The van der Waals surface area contributed by atoms with Gasteiger partial charge in [0, 0.05) is 17.5 Å². The zero-order valence-electron chi connectivity index (χ0n) is 12.6. The number of nitrogens with zero attached hydrogens (tertiary/aromatic N) is 1. The van der Waals surface area contributed by atoms with Gasteiger partial charge in [0.15, 0.2) is 0 Å². The van der Waals surface area contributed by atoms with Crippen LogP contribution in [0.25, 0.3) is 0 Å². The molecule has 1 unspecified atom stereocenters. The number of fused-ring (bicyclic) bond motifs is 1. The van der Waals surface area contributed by atoms with E-state index in [4.69, 9.17) is 0 Å². The minimum atomic E-state index is 0.115. The highest BCUT2D eigenvalue weighted by Crippen LogP contribution is 2.26. The van der Waals surface area contributed by atoms with E-state index in [1.807, 2.05) is 24.1 Å². The van der Waals surface area contributed by atoms with Gasteiger partial charge in [-0.1, -0.05) is 12.1 Å². The van der Waals surface area contributed by atoms with Crippen LogP contribution in [0, 0.1) is 0 Å². The molecule has 21 heavy (non-hydrogen) atoms. The Hall–Kier alpha value is -1.61. The fourth-order valence-electron chi connectivity index (χ4n) is 2.97. The summed E-state index contributed by atoms with van der Waals surface area (Å²) in [6.45, 7) is 2.09. The van der Waals surface area contributed by atoms with E-state index >= 15 is 0 Å². The van der Waals surface area contributed by atoms with Gasteiger partial charge in [0.1, 0.15) is 0 Å². The molecule has 3 heteroatoms. The number of benzene rings is 1. The summed E-state index contributed by atoms with van der Waals surface area (Å²) in [6.07, 6.45) is 4.79. The van der Waals surface area contributed by atoms with Gasteiger partial charge in [-0.3, -0.25) is 4.79 Å². The maximum absolute atomic E-state index is 12.7. The van der Waals surface area contributed by atoms with Crippen molar-refractivity contribution < 1.29 is 4.79 Å². The fourth-order valence-corrected chi connectivity index (χ4v) is 3.79. The highest BCUT2D eigenvalue weighted by Gasteiger charge is 2.20. The zero-order chi connectivity index (χ0) is 14.8. The number of thiophene rings is 1. The Morgan fingerprint density at radius 2 is 1.95 bits per heavy atom. The van der Waals surface area contributed by atoms with Crippen LogP contribution in [-0.4, -0.2) is 17.9 Å². The molecule has 0 bridgehead atoms. The maximum atomic E-state index is 12.7. The number of amides is 1. The Morgan fingerprint density at radius 1 is 1.19 bits per heavy atom. The summed E-state index contributed by atoms with van der Waals surface area (Å²) < 4.78 is 0. The van der Waals surface area contributed by atoms with Crippen LogP contribution in [0.4, 0.5) is 0 Å². The molecule has 0 saturated heterocycles. The quantitative estimate of drug-likeness (QED) is 0.819. The number of aryl methyl sites for hydroxylation is 2. The topological polar surface area (TPSA) is 20.3 Å². The first-order valence-corrected chi connectivity index (χ1v) is 8.47. The third kappa shape index (κ3) is 2.88. The summed E-state index contributed by atoms with van der Waals surface area (Å²) in [5.41, 5.74) is 3.61. The molecular weight excluding hydrogens is 278 g/mol. The second-order valence-corrected chi connectivity index (χ2v) is 6.78. The highest BCUT2D eigenvalue weighted by atomic mass is 32.1. The van der Waals surface area contributed by atoms with E-state index in [-0.39, 0.29) is 11.9 Å². The van der Waals surface area contributed by atoms with Gasteiger partial charge in [0.05, 0.1) is 6.04 Å². The Bertz CT molecular complexity index is 633. The molecule has 110 valence electrons. The molecule has 1 aliphatic carbocycles. The molecule has 1 atom stereocenters. The van der Waals surface area contributed by atoms with Crippen LogP contribution in [0.2, 0.25) is 0 Å². The standard InChI is InChI=1S/C18H21NOS/c1-13(17-8-5-11-21-17)19(2)18(20)16-10-9-14-6-3-4-7-15(14)12-16/h5,8-13H,3-4,6-7H2,1-2H3. The van der Waals surface area contributed by atoms with Gasteiger partial charge in [0.25, 0.3) is 5.91 Å². The second-order valence-electron chi connectivity index (χ2n) is 5.80. The van der Waals surface area contributed by atoms with Crippen molar-refractivity contribution in [3.8, 4) is 0 Å². The van der Waals surface area contributed by atoms with Crippen molar-refractivity contribution in [2.75, 3.05) is 7.05 Å². The van der Waals surface area contributed by atoms with Gasteiger partial charge in [-0.2, -0.15) is 0 Å². The van der Waals surface area contributed by atoms with Crippen molar-refractivity contribution in [2.45, 2.75) is 38.6 Å². The lowest BCUT2D eigenvalue weighted by Gasteiger charge is -2.25. The Morgan fingerprint density at radius 3 is 2.67 bits per heavy atom. The summed E-state index contributed by atoms with van der Waals surface area (Å²) in [7, 11) is 1.90. The first-order chi connectivity index (χ1) is 10.2. The summed E-state index contributed by atoms with van der Waals surface area (Å²) in [5.74, 6) is 0.115. The number of rotatable bonds is 3. The van der Waals surface area contributed by atoms with E-state index < -0.39 is 0 Å². The van der Waals surface area contributed by atoms with E-state index in [0.29, 0.717) is 0 Å². The zero-order valence-corrected chi connectivity index (χ0v) is 13.5. The summed E-state index contributed by atoms with van der Waals surface area (Å²) in [6, 6.07) is 10.5. The van der Waals surface area contributed by atoms with E-state index in [9.17, 15) is 4.79 Å². The van der Waals surface area contributed by atoms with Gasteiger partial charge in [-0.15, -0.1) is 11.3 Å². The van der Waals surface area contributed by atoms with Crippen molar-refractivity contribution in [3.63, 3.8) is 0 Å². The largest absolute Gasteiger partial charge is 0.334 e. The average molecular weight is 299 g/mol. The van der Waals surface area contributed by atoms with Gasteiger partial charge >= 0.3 is 0 Å². The van der Waals surface area contributed by atoms with E-state index in [2.05, 4.69) is 30.5 Å². The van der Waals surface area contributed by atoms with Crippen molar-refractivity contribution in [1.82, 2.24) is 4.90 Å². The van der Waals surface area contributed by atoms with Crippen LogP contribution in [0.3, 0.4) is 0 Å². The predicted molar refractivity (Wildman–Crippen MR) is 87.9 cm³/mol. The normalized spacial score (nSPS) is 15.3. The minimum Gasteiger partial charge on any atom is -0.334 e. The van der Waals surface area contributed by atoms with Crippen LogP contribution >= 0.6 is 11.3 Å². The Balaban J connectivity index is 1.81. The average Bonchev–Trinajstić information content (AvgIpc) is 3.06. The first kappa shape index (κ1) is 14.3. The molecule has 1 aromatic carbocycles. The summed E-state index contributed by atoms with van der Waals surface area (Å²) in [4.78, 5) is 15.8. The van der Waals surface area contributed by atoms with Gasteiger partial charge in [-0.25, -0.2) is 0 Å². The summed E-state index contributed by atoms with van der Waals surface area (Å²) >= 11 is 1.70. The second kappa shape index (κ2) is 6.02. The van der Waals surface area contributed by atoms with Crippen LogP contribution in [0.15, 0.2) is 35.7 Å². The molecule has 2 nitrogen and oxygen atoms in total. The van der Waals surface area contributed by atoms with Crippen LogP contribution in [0.5, 0.6) is 0 Å². The predicted octanol–water partition coefficient (Wildman–Crippen LogP) is 4.46. The van der Waals surface area contributed by atoms with E-state index in [1.165, 1.54) is 28.8 Å². The third-order valence-electron chi connectivity index (χ3n) is 4.45. The third-order valence-corrected chi connectivity index (χ3v) is 5.49. The van der Waals surface area contributed by atoms with Crippen molar-refractivity contribution in [3.05, 3.63) is 57.3 Å². The minimum absolute atomic E-state index is 0.115.